The molecule has 0 heterocycles. The van der Waals surface area contributed by atoms with Crippen molar-refractivity contribution in [3.8, 4) is 11.5 Å². The number of sulfonamides is 1. The number of ether oxygens (including phenoxy) is 1. The molecule has 28 heavy (non-hydrogen) atoms. The number of hydrogen-bond acceptors (Lipinski definition) is 4. The Hall–Kier alpha value is -2.84. The van der Waals surface area contributed by atoms with Crippen molar-refractivity contribution < 1.29 is 17.9 Å². The lowest BCUT2D eigenvalue weighted by Gasteiger charge is -2.14. The molecule has 0 fully saturated rings. The Labute approximate surface area is 171 Å². The van der Waals surface area contributed by atoms with Gasteiger partial charge in [0.1, 0.15) is 5.75 Å². The maximum Gasteiger partial charge on any atom is 0.262 e. The van der Waals surface area contributed by atoms with Crippen LogP contribution in [0.15, 0.2) is 82.2 Å². The molecule has 1 amide bonds. The first-order valence-electron chi connectivity index (χ1n) is 8.26. The van der Waals surface area contributed by atoms with E-state index in [0.717, 1.165) is 4.47 Å². The van der Waals surface area contributed by atoms with Gasteiger partial charge in [0.05, 0.1) is 10.6 Å². The number of para-hydroxylation sites is 2. The Morgan fingerprint density at radius 3 is 2.21 bits per heavy atom. The summed E-state index contributed by atoms with van der Waals surface area (Å²) in [5, 5.41) is 2.60. The van der Waals surface area contributed by atoms with Crippen molar-refractivity contribution in [3.05, 3.63) is 77.3 Å². The monoisotopic (exact) mass is 460 g/mol. The number of anilines is 2. The third-order valence-corrected chi connectivity index (χ3v) is 5.57. The number of nitrogens with one attached hydrogen (secondary N) is 2. The Kier molecular flexibility index (Phi) is 6.01. The SMILES string of the molecule is CC(=O)Nc1ccc(S(=O)(=O)Nc2ccccc2Oc2ccc(Br)cc2)cc1. The number of rotatable bonds is 6. The smallest absolute Gasteiger partial charge is 0.262 e. The second-order valence-electron chi connectivity index (χ2n) is 5.86. The summed E-state index contributed by atoms with van der Waals surface area (Å²) >= 11 is 3.36. The Bertz CT molecular complexity index is 1080. The Morgan fingerprint density at radius 2 is 1.57 bits per heavy atom. The van der Waals surface area contributed by atoms with Crippen molar-refractivity contribution in [2.24, 2.45) is 0 Å². The average molecular weight is 461 g/mol. The Balaban J connectivity index is 1.82. The van der Waals surface area contributed by atoms with Gasteiger partial charge in [-0.2, -0.15) is 0 Å². The van der Waals surface area contributed by atoms with E-state index in [1.807, 2.05) is 12.1 Å². The van der Waals surface area contributed by atoms with Gasteiger partial charge in [0.15, 0.2) is 5.75 Å². The van der Waals surface area contributed by atoms with E-state index < -0.39 is 10.0 Å². The topological polar surface area (TPSA) is 84.5 Å². The molecule has 0 aliphatic heterocycles. The van der Waals surface area contributed by atoms with E-state index in [0.29, 0.717) is 22.9 Å². The first-order valence-corrected chi connectivity index (χ1v) is 10.5. The zero-order valence-corrected chi connectivity index (χ0v) is 17.2. The van der Waals surface area contributed by atoms with Crippen molar-refractivity contribution in [2.75, 3.05) is 10.0 Å². The van der Waals surface area contributed by atoms with Crippen LogP contribution in [0.4, 0.5) is 11.4 Å². The van der Waals surface area contributed by atoms with E-state index in [9.17, 15) is 13.2 Å². The third-order valence-electron chi connectivity index (χ3n) is 3.66. The minimum atomic E-state index is -3.83. The first-order chi connectivity index (χ1) is 13.3. The summed E-state index contributed by atoms with van der Waals surface area (Å²) in [7, 11) is -3.83. The summed E-state index contributed by atoms with van der Waals surface area (Å²) in [4.78, 5) is 11.2. The lowest BCUT2D eigenvalue weighted by Crippen LogP contribution is -2.14. The Morgan fingerprint density at radius 1 is 0.929 bits per heavy atom. The molecule has 3 aromatic rings. The zero-order chi connectivity index (χ0) is 20.1. The van der Waals surface area contributed by atoms with Crippen LogP contribution in [0.5, 0.6) is 11.5 Å². The predicted molar refractivity (Wildman–Crippen MR) is 112 cm³/mol. The second kappa shape index (κ2) is 8.45. The summed E-state index contributed by atoms with van der Waals surface area (Å²) in [5.41, 5.74) is 0.835. The normalized spacial score (nSPS) is 10.9. The van der Waals surface area contributed by atoms with E-state index >= 15 is 0 Å². The van der Waals surface area contributed by atoms with Gasteiger partial charge >= 0.3 is 0 Å². The van der Waals surface area contributed by atoms with E-state index in [4.69, 9.17) is 4.74 Å². The summed E-state index contributed by atoms with van der Waals surface area (Å²) in [6.45, 7) is 1.38. The standard InChI is InChI=1S/C20H17BrN2O4S/c1-14(24)22-16-8-12-18(13-9-16)28(25,26)23-19-4-2-3-5-20(19)27-17-10-6-15(21)7-11-17/h2-13,23H,1H3,(H,22,24). The maximum absolute atomic E-state index is 12.7. The molecule has 0 aliphatic carbocycles. The van der Waals surface area contributed by atoms with Gasteiger partial charge in [0.2, 0.25) is 5.91 Å². The highest BCUT2D eigenvalue weighted by atomic mass is 79.9. The minimum Gasteiger partial charge on any atom is -0.455 e. The van der Waals surface area contributed by atoms with Crippen LogP contribution in [-0.4, -0.2) is 14.3 Å². The highest BCUT2D eigenvalue weighted by Gasteiger charge is 2.17. The van der Waals surface area contributed by atoms with Gasteiger partial charge in [0, 0.05) is 17.1 Å². The van der Waals surface area contributed by atoms with E-state index in [1.165, 1.54) is 31.2 Å². The lowest BCUT2D eigenvalue weighted by molar-refractivity contribution is -0.114. The molecule has 0 aromatic heterocycles. The summed E-state index contributed by atoms with van der Waals surface area (Å²) in [5.74, 6) is 0.727. The number of carbonyl (C=O) groups is 1. The van der Waals surface area contributed by atoms with Gasteiger partial charge in [-0.1, -0.05) is 28.1 Å². The molecule has 0 spiro atoms. The molecular formula is C20H17BrN2O4S. The number of benzene rings is 3. The molecule has 0 atom stereocenters. The summed E-state index contributed by atoms with van der Waals surface area (Å²) in [6, 6.07) is 19.9. The molecule has 0 saturated carbocycles. The fraction of sp³-hybridized carbons (Fsp3) is 0.0500. The van der Waals surface area contributed by atoms with Gasteiger partial charge in [-0.15, -0.1) is 0 Å². The van der Waals surface area contributed by atoms with Crippen molar-refractivity contribution in [3.63, 3.8) is 0 Å². The van der Waals surface area contributed by atoms with Crippen molar-refractivity contribution in [2.45, 2.75) is 11.8 Å². The van der Waals surface area contributed by atoms with E-state index in [1.54, 1.807) is 36.4 Å². The van der Waals surface area contributed by atoms with Crippen LogP contribution in [0, 0.1) is 0 Å². The largest absolute Gasteiger partial charge is 0.455 e. The van der Waals surface area contributed by atoms with Crippen molar-refractivity contribution >= 4 is 43.2 Å². The van der Waals surface area contributed by atoms with Crippen molar-refractivity contribution in [1.82, 2.24) is 0 Å². The van der Waals surface area contributed by atoms with Gasteiger partial charge < -0.3 is 10.1 Å². The number of carbonyl (C=O) groups excluding carboxylic acids is 1. The van der Waals surface area contributed by atoms with Gasteiger partial charge in [-0.25, -0.2) is 8.42 Å². The molecule has 0 saturated heterocycles. The molecule has 8 heteroatoms. The van der Waals surface area contributed by atoms with E-state index in [2.05, 4.69) is 26.0 Å². The van der Waals surface area contributed by atoms with Crippen LogP contribution in [0.2, 0.25) is 0 Å². The zero-order valence-electron chi connectivity index (χ0n) is 14.8. The molecule has 3 aromatic carbocycles. The highest BCUT2D eigenvalue weighted by Crippen LogP contribution is 2.31. The summed E-state index contributed by atoms with van der Waals surface area (Å²) in [6.07, 6.45) is 0. The molecule has 144 valence electrons. The molecular weight excluding hydrogens is 444 g/mol. The molecule has 0 unspecified atom stereocenters. The molecule has 3 rings (SSSR count). The fourth-order valence-electron chi connectivity index (χ4n) is 2.39. The van der Waals surface area contributed by atoms with Crippen LogP contribution < -0.4 is 14.8 Å². The second-order valence-corrected chi connectivity index (χ2v) is 8.46. The van der Waals surface area contributed by atoms with Crippen LogP contribution >= 0.6 is 15.9 Å². The van der Waals surface area contributed by atoms with Crippen LogP contribution in [0.25, 0.3) is 0 Å². The van der Waals surface area contributed by atoms with Gasteiger partial charge in [-0.05, 0) is 60.7 Å². The van der Waals surface area contributed by atoms with Crippen molar-refractivity contribution in [1.29, 1.82) is 0 Å². The fourth-order valence-corrected chi connectivity index (χ4v) is 3.73. The van der Waals surface area contributed by atoms with Gasteiger partial charge in [-0.3, -0.25) is 9.52 Å². The molecule has 0 bridgehead atoms. The first kappa shape index (κ1) is 19.9. The number of halogens is 1. The minimum absolute atomic E-state index is 0.0695. The highest BCUT2D eigenvalue weighted by molar-refractivity contribution is 9.10. The van der Waals surface area contributed by atoms with Gasteiger partial charge in [0.25, 0.3) is 10.0 Å². The van der Waals surface area contributed by atoms with Crippen LogP contribution in [0.3, 0.4) is 0 Å². The number of hydrogen-bond donors (Lipinski definition) is 2. The summed E-state index contributed by atoms with van der Waals surface area (Å²) < 4.78 is 34.7. The number of amides is 1. The maximum atomic E-state index is 12.7. The predicted octanol–water partition coefficient (Wildman–Crippen LogP) is 5.00. The molecule has 0 aliphatic rings. The van der Waals surface area contributed by atoms with E-state index in [-0.39, 0.29) is 10.8 Å². The quantitative estimate of drug-likeness (QED) is 0.541. The average Bonchev–Trinajstić information content (AvgIpc) is 2.65. The molecule has 0 radical (unpaired) electrons. The molecule has 2 N–H and O–H groups in total. The van der Waals surface area contributed by atoms with Crippen LogP contribution in [-0.2, 0) is 14.8 Å². The third kappa shape index (κ3) is 5.11. The van der Waals surface area contributed by atoms with Crippen LogP contribution in [0.1, 0.15) is 6.92 Å². The molecule has 6 nitrogen and oxygen atoms in total. The lowest BCUT2D eigenvalue weighted by atomic mass is 10.3.